The molecule has 3 rings (SSSR count). The Morgan fingerprint density at radius 1 is 1.16 bits per heavy atom. The monoisotopic (exact) mass is 347 g/mol. The molecule has 0 unspecified atom stereocenters. The standard InChI is InChI=1S/C17H25N5O3/c23-15(13-25-12-14-2-3-14)18-7-4-16(24)21-8-10-22(11-9-21)17-19-5-1-6-20-17/h1,5-6,14H,2-4,7-13H2,(H,18,23). The van der Waals surface area contributed by atoms with Crippen LogP contribution in [0.5, 0.6) is 0 Å². The van der Waals surface area contributed by atoms with Gasteiger partial charge in [-0.1, -0.05) is 0 Å². The van der Waals surface area contributed by atoms with Crippen LogP contribution in [0.2, 0.25) is 0 Å². The number of carbonyl (C=O) groups is 2. The van der Waals surface area contributed by atoms with Gasteiger partial charge in [0.15, 0.2) is 0 Å². The van der Waals surface area contributed by atoms with Crippen molar-refractivity contribution in [2.24, 2.45) is 5.92 Å². The molecule has 2 amide bonds. The van der Waals surface area contributed by atoms with E-state index in [0.717, 1.165) is 13.1 Å². The summed E-state index contributed by atoms with van der Waals surface area (Å²) in [5.41, 5.74) is 0. The Hall–Kier alpha value is -2.22. The first kappa shape index (κ1) is 17.6. The van der Waals surface area contributed by atoms with Crippen molar-refractivity contribution in [3.63, 3.8) is 0 Å². The number of hydrogen-bond acceptors (Lipinski definition) is 6. The third-order valence-corrected chi connectivity index (χ3v) is 4.41. The van der Waals surface area contributed by atoms with Crippen molar-refractivity contribution in [2.75, 3.05) is 50.8 Å². The number of carbonyl (C=O) groups excluding carboxylic acids is 2. The summed E-state index contributed by atoms with van der Waals surface area (Å²) in [7, 11) is 0. The van der Waals surface area contributed by atoms with Gasteiger partial charge in [-0.05, 0) is 24.8 Å². The van der Waals surface area contributed by atoms with E-state index in [1.54, 1.807) is 18.5 Å². The van der Waals surface area contributed by atoms with E-state index in [1.165, 1.54) is 12.8 Å². The van der Waals surface area contributed by atoms with E-state index in [4.69, 9.17) is 4.74 Å². The first-order chi connectivity index (χ1) is 12.2. The van der Waals surface area contributed by atoms with Crippen molar-refractivity contribution in [2.45, 2.75) is 19.3 Å². The third kappa shape index (κ3) is 5.67. The van der Waals surface area contributed by atoms with Crippen molar-refractivity contribution >= 4 is 17.8 Å². The van der Waals surface area contributed by atoms with Crippen LogP contribution in [0.3, 0.4) is 0 Å². The minimum atomic E-state index is -0.153. The van der Waals surface area contributed by atoms with Crippen LogP contribution < -0.4 is 10.2 Å². The van der Waals surface area contributed by atoms with E-state index >= 15 is 0 Å². The van der Waals surface area contributed by atoms with Gasteiger partial charge < -0.3 is 19.9 Å². The summed E-state index contributed by atoms with van der Waals surface area (Å²) in [6.07, 6.45) is 6.17. The zero-order chi connectivity index (χ0) is 17.5. The maximum atomic E-state index is 12.2. The Bertz CT molecular complexity index is 571. The molecule has 25 heavy (non-hydrogen) atoms. The third-order valence-electron chi connectivity index (χ3n) is 4.41. The molecule has 1 aromatic heterocycles. The summed E-state index contributed by atoms with van der Waals surface area (Å²) < 4.78 is 5.32. The number of nitrogens with zero attached hydrogens (tertiary/aromatic N) is 4. The summed E-state index contributed by atoms with van der Waals surface area (Å²) in [4.78, 5) is 36.2. The lowest BCUT2D eigenvalue weighted by Gasteiger charge is -2.34. The number of piperazine rings is 1. The molecule has 2 fully saturated rings. The van der Waals surface area contributed by atoms with Crippen LogP contribution in [-0.2, 0) is 14.3 Å². The molecule has 136 valence electrons. The lowest BCUT2D eigenvalue weighted by molar-refractivity contribution is -0.131. The highest BCUT2D eigenvalue weighted by Gasteiger charge is 2.23. The Morgan fingerprint density at radius 2 is 1.88 bits per heavy atom. The SMILES string of the molecule is O=C(COCC1CC1)NCCC(=O)N1CCN(c2ncccn2)CC1. The predicted molar refractivity (Wildman–Crippen MR) is 92.0 cm³/mol. The van der Waals surface area contributed by atoms with E-state index in [9.17, 15) is 9.59 Å². The number of aromatic nitrogens is 2. The molecule has 1 aliphatic carbocycles. The Balaban J connectivity index is 1.29. The van der Waals surface area contributed by atoms with Crippen LogP contribution in [-0.4, -0.2) is 72.6 Å². The number of rotatable bonds is 8. The summed E-state index contributed by atoms with van der Waals surface area (Å²) in [6.45, 7) is 3.84. The van der Waals surface area contributed by atoms with Crippen molar-refractivity contribution in [1.29, 1.82) is 0 Å². The first-order valence-electron chi connectivity index (χ1n) is 8.86. The van der Waals surface area contributed by atoms with Gasteiger partial charge in [-0.2, -0.15) is 0 Å². The predicted octanol–water partition coefficient (Wildman–Crippen LogP) is 0.0581. The zero-order valence-corrected chi connectivity index (χ0v) is 14.4. The number of amides is 2. The lowest BCUT2D eigenvalue weighted by Crippen LogP contribution is -2.49. The fourth-order valence-electron chi connectivity index (χ4n) is 2.73. The molecule has 0 atom stereocenters. The van der Waals surface area contributed by atoms with Crippen LogP contribution in [0.1, 0.15) is 19.3 Å². The molecular formula is C17H25N5O3. The highest BCUT2D eigenvalue weighted by molar-refractivity contribution is 5.79. The Morgan fingerprint density at radius 3 is 2.56 bits per heavy atom. The van der Waals surface area contributed by atoms with E-state index in [0.29, 0.717) is 44.5 Å². The number of nitrogens with one attached hydrogen (secondary N) is 1. The lowest BCUT2D eigenvalue weighted by atomic mass is 10.3. The van der Waals surface area contributed by atoms with Gasteiger partial charge in [0, 0.05) is 51.5 Å². The molecule has 0 spiro atoms. The second-order valence-corrected chi connectivity index (χ2v) is 6.48. The van der Waals surface area contributed by atoms with Gasteiger partial charge in [-0.15, -0.1) is 0 Å². The highest BCUT2D eigenvalue weighted by atomic mass is 16.5. The molecule has 1 saturated heterocycles. The topological polar surface area (TPSA) is 87.7 Å². The van der Waals surface area contributed by atoms with Crippen LogP contribution in [0.4, 0.5) is 5.95 Å². The molecule has 0 aromatic carbocycles. The fraction of sp³-hybridized carbons (Fsp3) is 0.647. The van der Waals surface area contributed by atoms with Gasteiger partial charge in [-0.25, -0.2) is 9.97 Å². The molecule has 2 aliphatic rings. The summed E-state index contributed by atoms with van der Waals surface area (Å²) >= 11 is 0. The van der Waals surface area contributed by atoms with Crippen LogP contribution >= 0.6 is 0 Å². The zero-order valence-electron chi connectivity index (χ0n) is 14.4. The van der Waals surface area contributed by atoms with Crippen molar-refractivity contribution in [3.05, 3.63) is 18.5 Å². The smallest absolute Gasteiger partial charge is 0.246 e. The second-order valence-electron chi connectivity index (χ2n) is 6.48. The van der Waals surface area contributed by atoms with Crippen molar-refractivity contribution < 1.29 is 14.3 Å². The van der Waals surface area contributed by atoms with Gasteiger partial charge in [0.2, 0.25) is 17.8 Å². The summed E-state index contributed by atoms with van der Waals surface area (Å²) in [5, 5.41) is 2.74. The summed E-state index contributed by atoms with van der Waals surface area (Å²) in [6, 6.07) is 1.79. The molecule has 0 radical (unpaired) electrons. The Labute approximate surface area is 147 Å². The van der Waals surface area contributed by atoms with Crippen LogP contribution in [0.15, 0.2) is 18.5 Å². The molecule has 1 N–H and O–H groups in total. The largest absolute Gasteiger partial charge is 0.371 e. The average Bonchev–Trinajstić information content (AvgIpc) is 3.47. The van der Waals surface area contributed by atoms with E-state index in [2.05, 4.69) is 20.2 Å². The van der Waals surface area contributed by atoms with Gasteiger partial charge in [-0.3, -0.25) is 9.59 Å². The normalized spacial score (nSPS) is 17.4. The van der Waals surface area contributed by atoms with E-state index in [1.807, 2.05) is 4.90 Å². The maximum Gasteiger partial charge on any atom is 0.246 e. The van der Waals surface area contributed by atoms with Crippen molar-refractivity contribution in [3.8, 4) is 0 Å². The van der Waals surface area contributed by atoms with Crippen LogP contribution in [0, 0.1) is 5.92 Å². The minimum Gasteiger partial charge on any atom is -0.371 e. The molecular weight excluding hydrogens is 322 g/mol. The quantitative estimate of drug-likeness (QED) is 0.715. The number of hydrogen-bond donors (Lipinski definition) is 1. The van der Waals surface area contributed by atoms with Crippen molar-refractivity contribution in [1.82, 2.24) is 20.2 Å². The molecule has 0 bridgehead atoms. The van der Waals surface area contributed by atoms with E-state index < -0.39 is 0 Å². The number of anilines is 1. The molecule has 8 heteroatoms. The van der Waals surface area contributed by atoms with Gasteiger partial charge in [0.1, 0.15) is 6.61 Å². The number of ether oxygens (including phenoxy) is 1. The van der Waals surface area contributed by atoms with Gasteiger partial charge in [0.25, 0.3) is 0 Å². The molecule has 1 aliphatic heterocycles. The second kappa shape index (κ2) is 8.75. The highest BCUT2D eigenvalue weighted by Crippen LogP contribution is 2.28. The maximum absolute atomic E-state index is 12.2. The fourth-order valence-corrected chi connectivity index (χ4v) is 2.73. The molecule has 1 aromatic rings. The van der Waals surface area contributed by atoms with E-state index in [-0.39, 0.29) is 18.4 Å². The molecule has 8 nitrogen and oxygen atoms in total. The molecule has 2 heterocycles. The van der Waals surface area contributed by atoms with Crippen LogP contribution in [0.25, 0.3) is 0 Å². The average molecular weight is 347 g/mol. The van der Waals surface area contributed by atoms with Gasteiger partial charge >= 0.3 is 0 Å². The summed E-state index contributed by atoms with van der Waals surface area (Å²) in [5.74, 6) is 1.26. The van der Waals surface area contributed by atoms with Gasteiger partial charge in [0.05, 0.1) is 6.61 Å². The Kier molecular flexibility index (Phi) is 6.16. The minimum absolute atomic E-state index is 0.0628. The molecule has 1 saturated carbocycles. The first-order valence-corrected chi connectivity index (χ1v) is 8.86.